The van der Waals surface area contributed by atoms with Crippen LogP contribution in [0.5, 0.6) is 5.75 Å². The summed E-state index contributed by atoms with van der Waals surface area (Å²) >= 11 is 12.2. The lowest BCUT2D eigenvalue weighted by Gasteiger charge is -2.26. The van der Waals surface area contributed by atoms with Gasteiger partial charge >= 0.3 is 6.09 Å². The Morgan fingerprint density at radius 1 is 1.38 bits per heavy atom. The highest BCUT2D eigenvalue weighted by atomic mass is 35.5. The topological polar surface area (TPSA) is 97.8 Å². The van der Waals surface area contributed by atoms with Crippen molar-refractivity contribution in [3.05, 3.63) is 57.3 Å². The van der Waals surface area contributed by atoms with Gasteiger partial charge in [-0.05, 0) is 36.2 Å². The number of hydrogen-bond donors (Lipinski definition) is 2. The molecule has 0 fully saturated rings. The third kappa shape index (κ3) is 3.44. The minimum Gasteiger partial charge on any atom is -0.491 e. The molecule has 3 N–H and O–H groups in total. The van der Waals surface area contributed by atoms with Gasteiger partial charge in [-0.15, -0.1) is 0 Å². The van der Waals surface area contributed by atoms with Crippen LogP contribution in [0.4, 0.5) is 4.79 Å². The predicted molar refractivity (Wildman–Crippen MR) is 91.4 cm³/mol. The Labute approximate surface area is 147 Å². The molecule has 124 valence electrons. The molecule has 24 heavy (non-hydrogen) atoms. The number of carboxylic acid groups (broad SMARTS) is 1. The summed E-state index contributed by atoms with van der Waals surface area (Å²) in [6.45, 7) is 0.404. The second-order valence-corrected chi connectivity index (χ2v) is 6.16. The molecule has 1 aromatic heterocycles. The zero-order valence-corrected chi connectivity index (χ0v) is 13.9. The van der Waals surface area contributed by atoms with E-state index < -0.39 is 6.09 Å². The lowest BCUT2D eigenvalue weighted by Crippen LogP contribution is -2.22. The van der Waals surface area contributed by atoms with Crippen molar-refractivity contribution in [3.63, 3.8) is 0 Å². The second kappa shape index (κ2) is 6.67. The number of amides is 1. The van der Waals surface area contributed by atoms with Gasteiger partial charge in [0.05, 0.1) is 11.6 Å². The number of aliphatic imine (C=N–C) groups is 1. The first kappa shape index (κ1) is 16.5. The van der Waals surface area contributed by atoms with Gasteiger partial charge < -0.3 is 15.6 Å². The standard InChI is InChI=1S/C16H13Cl2N3O3/c17-10-5-8-4-9(7-24-14(8)11(18)6-10)12-2-1-3-13(20-12)15(19)21-16(22)23/h1-3,5-6,9H,4,7H2,(H2,19,21)(H,22,23). The number of fused-ring (bicyclic) bond motifs is 1. The van der Waals surface area contributed by atoms with Gasteiger partial charge in [0.15, 0.2) is 5.84 Å². The van der Waals surface area contributed by atoms with Crippen molar-refractivity contribution in [1.82, 2.24) is 4.98 Å². The van der Waals surface area contributed by atoms with Gasteiger partial charge in [0.25, 0.3) is 0 Å². The van der Waals surface area contributed by atoms with Gasteiger partial charge in [-0.1, -0.05) is 29.3 Å². The molecule has 2 aromatic rings. The van der Waals surface area contributed by atoms with Crippen LogP contribution in [0.25, 0.3) is 0 Å². The van der Waals surface area contributed by atoms with Gasteiger partial charge in [0.2, 0.25) is 0 Å². The van der Waals surface area contributed by atoms with E-state index in [-0.39, 0.29) is 11.8 Å². The van der Waals surface area contributed by atoms with Crippen LogP contribution >= 0.6 is 23.2 Å². The summed E-state index contributed by atoms with van der Waals surface area (Å²) in [5, 5.41) is 9.71. The molecule has 0 aliphatic carbocycles. The van der Waals surface area contributed by atoms with E-state index in [2.05, 4.69) is 9.98 Å². The highest BCUT2D eigenvalue weighted by Gasteiger charge is 2.25. The summed E-state index contributed by atoms with van der Waals surface area (Å²) in [4.78, 5) is 18.3. The fourth-order valence-electron chi connectivity index (χ4n) is 2.61. The summed E-state index contributed by atoms with van der Waals surface area (Å²) in [6.07, 6.45) is -0.707. The number of aromatic nitrogens is 1. The highest BCUT2D eigenvalue weighted by molar-refractivity contribution is 6.35. The molecular formula is C16H13Cl2N3O3. The summed E-state index contributed by atoms with van der Waals surface area (Å²) in [7, 11) is 0. The number of hydrogen-bond acceptors (Lipinski definition) is 3. The Morgan fingerprint density at radius 3 is 2.92 bits per heavy atom. The Morgan fingerprint density at radius 2 is 2.17 bits per heavy atom. The van der Waals surface area contributed by atoms with Gasteiger partial charge in [-0.3, -0.25) is 0 Å². The molecule has 0 saturated carbocycles. The van der Waals surface area contributed by atoms with Crippen molar-refractivity contribution in [3.8, 4) is 5.75 Å². The number of benzene rings is 1. The molecule has 0 spiro atoms. The maximum Gasteiger partial charge on any atom is 0.433 e. The number of halogens is 2. The molecule has 0 bridgehead atoms. The summed E-state index contributed by atoms with van der Waals surface area (Å²) in [5.74, 6) is 0.470. The lowest BCUT2D eigenvalue weighted by atomic mass is 9.93. The van der Waals surface area contributed by atoms with E-state index in [9.17, 15) is 4.79 Å². The molecule has 0 radical (unpaired) electrons. The van der Waals surface area contributed by atoms with E-state index in [0.717, 1.165) is 11.3 Å². The van der Waals surface area contributed by atoms with Gasteiger partial charge in [-0.2, -0.15) is 4.99 Å². The van der Waals surface area contributed by atoms with Gasteiger partial charge in [0, 0.05) is 16.6 Å². The van der Waals surface area contributed by atoms with Crippen molar-refractivity contribution >= 4 is 35.1 Å². The largest absolute Gasteiger partial charge is 0.491 e. The molecule has 1 unspecified atom stereocenters. The number of carbonyl (C=O) groups is 1. The minimum absolute atomic E-state index is 0.0235. The molecule has 1 atom stereocenters. The molecule has 1 aromatic carbocycles. The molecule has 0 saturated heterocycles. The zero-order valence-electron chi connectivity index (χ0n) is 12.4. The predicted octanol–water partition coefficient (Wildman–Crippen LogP) is 3.49. The van der Waals surface area contributed by atoms with Gasteiger partial charge in [0.1, 0.15) is 11.4 Å². The van der Waals surface area contributed by atoms with Crippen molar-refractivity contribution < 1.29 is 14.6 Å². The monoisotopic (exact) mass is 365 g/mol. The number of pyridine rings is 1. The van der Waals surface area contributed by atoms with Crippen LogP contribution in [0.15, 0.2) is 35.3 Å². The van der Waals surface area contributed by atoms with Crippen LogP contribution < -0.4 is 10.5 Å². The van der Waals surface area contributed by atoms with Crippen LogP contribution in [-0.2, 0) is 6.42 Å². The molecule has 2 heterocycles. The fraction of sp³-hybridized carbons (Fsp3) is 0.188. The van der Waals surface area contributed by atoms with E-state index in [1.807, 2.05) is 12.1 Å². The van der Waals surface area contributed by atoms with E-state index in [1.165, 1.54) is 0 Å². The first-order valence-electron chi connectivity index (χ1n) is 7.09. The zero-order chi connectivity index (χ0) is 17.3. The Bertz CT molecular complexity index is 839. The molecule has 8 heteroatoms. The van der Waals surface area contributed by atoms with E-state index in [4.69, 9.17) is 38.8 Å². The average Bonchev–Trinajstić information content (AvgIpc) is 2.53. The number of rotatable bonds is 2. The normalized spacial score (nSPS) is 17.1. The first-order chi connectivity index (χ1) is 11.4. The third-order valence-electron chi connectivity index (χ3n) is 3.65. The number of nitrogens with two attached hydrogens (primary N) is 1. The van der Waals surface area contributed by atoms with Crippen LogP contribution in [-0.4, -0.2) is 28.6 Å². The maximum atomic E-state index is 10.6. The lowest BCUT2D eigenvalue weighted by molar-refractivity contribution is 0.205. The van der Waals surface area contributed by atoms with Crippen molar-refractivity contribution in [2.75, 3.05) is 6.61 Å². The van der Waals surface area contributed by atoms with Crippen LogP contribution in [0.2, 0.25) is 10.0 Å². The summed E-state index contributed by atoms with van der Waals surface area (Å²) in [6, 6.07) is 8.66. The van der Waals surface area contributed by atoms with Crippen LogP contribution in [0, 0.1) is 0 Å². The fourth-order valence-corrected chi connectivity index (χ4v) is 3.20. The molecular weight excluding hydrogens is 353 g/mol. The Hall–Kier alpha value is -2.31. The molecule has 6 nitrogen and oxygen atoms in total. The van der Waals surface area contributed by atoms with Crippen molar-refractivity contribution in [2.24, 2.45) is 10.7 Å². The van der Waals surface area contributed by atoms with E-state index in [0.29, 0.717) is 34.5 Å². The summed E-state index contributed by atoms with van der Waals surface area (Å²) in [5.41, 5.74) is 7.60. The number of ether oxygens (including phenoxy) is 1. The average molecular weight is 366 g/mol. The van der Waals surface area contributed by atoms with Crippen molar-refractivity contribution in [1.29, 1.82) is 0 Å². The Kier molecular flexibility index (Phi) is 4.59. The number of amidine groups is 1. The van der Waals surface area contributed by atoms with E-state index >= 15 is 0 Å². The van der Waals surface area contributed by atoms with Gasteiger partial charge in [-0.25, -0.2) is 9.78 Å². The highest BCUT2D eigenvalue weighted by Crippen LogP contribution is 2.39. The minimum atomic E-state index is -1.36. The second-order valence-electron chi connectivity index (χ2n) is 5.32. The quantitative estimate of drug-likeness (QED) is 0.626. The molecule has 1 aliphatic rings. The maximum absolute atomic E-state index is 10.6. The molecule has 1 amide bonds. The molecule has 3 rings (SSSR count). The molecule has 1 aliphatic heterocycles. The van der Waals surface area contributed by atoms with Crippen molar-refractivity contribution in [2.45, 2.75) is 12.3 Å². The first-order valence-corrected chi connectivity index (χ1v) is 7.84. The smallest absolute Gasteiger partial charge is 0.433 e. The van der Waals surface area contributed by atoms with Crippen LogP contribution in [0.3, 0.4) is 0 Å². The Balaban J connectivity index is 1.90. The number of nitrogens with zero attached hydrogens (tertiary/aromatic N) is 2. The third-order valence-corrected chi connectivity index (χ3v) is 4.15. The summed E-state index contributed by atoms with van der Waals surface area (Å²) < 4.78 is 5.75. The van der Waals surface area contributed by atoms with Crippen LogP contribution in [0.1, 0.15) is 22.9 Å². The SMILES string of the molecule is N/C(=N\C(=O)O)c1cccc(C2COc3c(Cl)cc(Cl)cc3C2)n1. The van der Waals surface area contributed by atoms with E-state index in [1.54, 1.807) is 18.2 Å².